The molecule has 0 bridgehead atoms. The first-order valence-corrected chi connectivity index (χ1v) is 10.9. The second-order valence-electron chi connectivity index (χ2n) is 8.69. The van der Waals surface area contributed by atoms with Crippen LogP contribution >= 0.6 is 0 Å². The van der Waals surface area contributed by atoms with E-state index in [4.69, 9.17) is 19.6 Å². The molecular weight excluding hydrogens is 455 g/mol. The van der Waals surface area contributed by atoms with Gasteiger partial charge in [0.25, 0.3) is 5.91 Å². The Hall–Kier alpha value is -3.28. The maximum atomic E-state index is 12.8. The van der Waals surface area contributed by atoms with Crippen LogP contribution in [-0.2, 0) is 21.6 Å². The highest BCUT2D eigenvalue weighted by Crippen LogP contribution is 2.39. The van der Waals surface area contributed by atoms with Crippen LogP contribution in [0.3, 0.4) is 0 Å². The first-order chi connectivity index (χ1) is 16.2. The summed E-state index contributed by atoms with van der Waals surface area (Å²) < 4.78 is 37.6. The standard InChI is InChI=1S/C20H23N5O2.C2HF3O2/c26-18(15-2-1-6-21-9-15)25-7-5-20(12-25)13-27-11-16-10-23-19(24-17(16)20)22-8-14-3-4-14;3-2(4,5)1(6)7/h1-2,6,9-10,14H,3-5,7-8,11-13H2,(H,22,23,24);(H,6,7). The van der Waals surface area contributed by atoms with Gasteiger partial charge in [-0.05, 0) is 37.3 Å². The number of carbonyl (C=O) groups excluding carboxylic acids is 1. The molecule has 5 rings (SSSR count). The Morgan fingerprint density at radius 3 is 2.71 bits per heavy atom. The lowest BCUT2D eigenvalue weighted by molar-refractivity contribution is -0.192. The first kappa shape index (κ1) is 23.9. The van der Waals surface area contributed by atoms with Crippen LogP contribution in [0.2, 0.25) is 0 Å². The molecule has 2 fully saturated rings. The van der Waals surface area contributed by atoms with E-state index >= 15 is 0 Å². The molecule has 1 unspecified atom stereocenters. The van der Waals surface area contributed by atoms with Gasteiger partial charge in [0.1, 0.15) is 0 Å². The number of hydrogen-bond acceptors (Lipinski definition) is 7. The summed E-state index contributed by atoms with van der Waals surface area (Å²) in [6.45, 7) is 3.39. The maximum Gasteiger partial charge on any atom is 0.490 e. The van der Waals surface area contributed by atoms with Crippen LogP contribution in [0.15, 0.2) is 30.7 Å². The molecule has 1 saturated heterocycles. The van der Waals surface area contributed by atoms with Crippen molar-refractivity contribution in [1.82, 2.24) is 19.9 Å². The number of aliphatic carboxylic acids is 1. The molecule has 1 amide bonds. The molecule has 1 saturated carbocycles. The van der Waals surface area contributed by atoms with Gasteiger partial charge in [0, 0.05) is 43.8 Å². The van der Waals surface area contributed by atoms with Crippen molar-refractivity contribution in [1.29, 1.82) is 0 Å². The molecule has 2 aliphatic heterocycles. The number of alkyl halides is 3. The van der Waals surface area contributed by atoms with E-state index < -0.39 is 12.1 Å². The van der Waals surface area contributed by atoms with Crippen LogP contribution in [0.25, 0.3) is 0 Å². The van der Waals surface area contributed by atoms with Crippen LogP contribution in [0, 0.1) is 5.92 Å². The second kappa shape index (κ2) is 9.53. The molecule has 2 aromatic rings. The fraction of sp³-hybridized carbons (Fsp3) is 0.500. The third-order valence-electron chi connectivity index (χ3n) is 6.04. The fourth-order valence-electron chi connectivity index (χ4n) is 4.07. The predicted molar refractivity (Wildman–Crippen MR) is 113 cm³/mol. The van der Waals surface area contributed by atoms with Crippen LogP contribution < -0.4 is 5.32 Å². The van der Waals surface area contributed by atoms with Crippen LogP contribution in [0.1, 0.15) is 40.9 Å². The number of halogens is 3. The normalized spacial score (nSPS) is 21.4. The van der Waals surface area contributed by atoms with E-state index in [2.05, 4.69) is 15.3 Å². The number of aromatic nitrogens is 3. The first-order valence-electron chi connectivity index (χ1n) is 10.9. The summed E-state index contributed by atoms with van der Waals surface area (Å²) in [5, 5.41) is 10.5. The number of anilines is 1. The van der Waals surface area contributed by atoms with Gasteiger partial charge in [-0.25, -0.2) is 14.8 Å². The summed E-state index contributed by atoms with van der Waals surface area (Å²) in [4.78, 5) is 37.0. The van der Waals surface area contributed by atoms with E-state index in [-0.39, 0.29) is 11.3 Å². The van der Waals surface area contributed by atoms with Gasteiger partial charge in [0.15, 0.2) is 0 Å². The number of pyridine rings is 1. The predicted octanol–water partition coefficient (Wildman–Crippen LogP) is 2.64. The van der Waals surface area contributed by atoms with Gasteiger partial charge in [0.2, 0.25) is 5.95 Å². The lowest BCUT2D eigenvalue weighted by Gasteiger charge is -2.34. The quantitative estimate of drug-likeness (QED) is 0.687. The summed E-state index contributed by atoms with van der Waals surface area (Å²) >= 11 is 0. The van der Waals surface area contributed by atoms with Crippen LogP contribution in [-0.4, -0.2) is 69.3 Å². The van der Waals surface area contributed by atoms with E-state index in [1.54, 1.807) is 18.5 Å². The summed E-state index contributed by atoms with van der Waals surface area (Å²) in [6.07, 6.45) is 3.54. The van der Waals surface area contributed by atoms with Gasteiger partial charge in [0.05, 0.1) is 29.9 Å². The Balaban J connectivity index is 0.000000344. The Bertz CT molecular complexity index is 1050. The molecule has 9 nitrogen and oxygen atoms in total. The molecule has 12 heteroatoms. The number of fused-ring (bicyclic) bond motifs is 2. The highest BCUT2D eigenvalue weighted by molar-refractivity contribution is 5.94. The van der Waals surface area contributed by atoms with Crippen molar-refractivity contribution in [3.05, 3.63) is 47.5 Å². The van der Waals surface area contributed by atoms with Crippen molar-refractivity contribution in [3.8, 4) is 0 Å². The Morgan fingerprint density at radius 2 is 2.06 bits per heavy atom. The Kier molecular flexibility index (Phi) is 6.69. The highest BCUT2D eigenvalue weighted by atomic mass is 19.4. The molecular formula is C22H24F3N5O4. The van der Waals surface area contributed by atoms with Gasteiger partial charge in [-0.15, -0.1) is 0 Å². The number of carboxylic acids is 1. The number of carbonyl (C=O) groups is 2. The molecule has 34 heavy (non-hydrogen) atoms. The third-order valence-corrected chi connectivity index (χ3v) is 6.04. The molecule has 182 valence electrons. The average molecular weight is 479 g/mol. The smallest absolute Gasteiger partial charge is 0.475 e. The van der Waals surface area contributed by atoms with Gasteiger partial charge < -0.3 is 20.1 Å². The maximum absolute atomic E-state index is 12.8. The summed E-state index contributed by atoms with van der Waals surface area (Å²) in [5.41, 5.74) is 2.46. The minimum Gasteiger partial charge on any atom is -0.475 e. The SMILES string of the molecule is O=C(O)C(F)(F)F.O=C(c1cccnc1)N1CCC2(COCc3cnc(NCC4CC4)nc32)C1. The Morgan fingerprint density at radius 1 is 1.29 bits per heavy atom. The van der Waals surface area contributed by atoms with Gasteiger partial charge >= 0.3 is 12.1 Å². The van der Waals surface area contributed by atoms with E-state index in [9.17, 15) is 18.0 Å². The van der Waals surface area contributed by atoms with Crippen molar-refractivity contribution in [3.63, 3.8) is 0 Å². The molecule has 2 aromatic heterocycles. The highest BCUT2D eigenvalue weighted by Gasteiger charge is 2.46. The van der Waals surface area contributed by atoms with Crippen molar-refractivity contribution in [2.45, 2.75) is 37.5 Å². The zero-order chi connectivity index (χ0) is 24.3. The second-order valence-corrected chi connectivity index (χ2v) is 8.69. The Labute approximate surface area is 193 Å². The topological polar surface area (TPSA) is 118 Å². The number of likely N-dealkylation sites (tertiary alicyclic amines) is 1. The van der Waals surface area contributed by atoms with Crippen LogP contribution in [0.5, 0.6) is 0 Å². The number of hydrogen-bond donors (Lipinski definition) is 2. The number of nitrogens with zero attached hydrogens (tertiary/aromatic N) is 4. The zero-order valence-electron chi connectivity index (χ0n) is 18.2. The molecule has 1 aliphatic carbocycles. The number of nitrogens with one attached hydrogen (secondary N) is 1. The summed E-state index contributed by atoms with van der Waals surface area (Å²) in [7, 11) is 0. The zero-order valence-corrected chi connectivity index (χ0v) is 18.2. The van der Waals surface area contributed by atoms with Crippen molar-refractivity contribution in [2.24, 2.45) is 5.92 Å². The number of carboxylic acid groups (broad SMARTS) is 1. The number of ether oxygens (including phenoxy) is 1. The fourth-order valence-corrected chi connectivity index (χ4v) is 4.07. The molecule has 3 aliphatic rings. The number of rotatable bonds is 4. The monoisotopic (exact) mass is 479 g/mol. The molecule has 1 spiro atoms. The average Bonchev–Trinajstić information content (AvgIpc) is 3.56. The van der Waals surface area contributed by atoms with Crippen molar-refractivity contribution >= 4 is 17.8 Å². The lowest BCUT2D eigenvalue weighted by Crippen LogP contribution is -2.41. The lowest BCUT2D eigenvalue weighted by atomic mass is 9.80. The largest absolute Gasteiger partial charge is 0.490 e. The molecule has 4 heterocycles. The minimum atomic E-state index is -5.08. The minimum absolute atomic E-state index is 0.0215. The van der Waals surface area contributed by atoms with Gasteiger partial charge in [-0.2, -0.15) is 13.2 Å². The van der Waals surface area contributed by atoms with Crippen molar-refractivity contribution < 1.29 is 32.6 Å². The molecule has 0 aromatic carbocycles. The van der Waals surface area contributed by atoms with E-state index in [1.165, 1.54) is 12.8 Å². The summed E-state index contributed by atoms with van der Waals surface area (Å²) in [6, 6.07) is 3.61. The summed E-state index contributed by atoms with van der Waals surface area (Å²) in [5.74, 6) is -1.28. The molecule has 1 atom stereocenters. The van der Waals surface area contributed by atoms with Gasteiger partial charge in [-0.3, -0.25) is 9.78 Å². The van der Waals surface area contributed by atoms with E-state index in [1.807, 2.05) is 17.2 Å². The molecule has 2 N–H and O–H groups in total. The van der Waals surface area contributed by atoms with E-state index in [0.29, 0.717) is 37.8 Å². The van der Waals surface area contributed by atoms with Gasteiger partial charge in [-0.1, -0.05) is 0 Å². The third kappa shape index (κ3) is 5.44. The number of amides is 1. The van der Waals surface area contributed by atoms with Crippen LogP contribution in [0.4, 0.5) is 19.1 Å². The van der Waals surface area contributed by atoms with E-state index in [0.717, 1.165) is 30.1 Å². The van der Waals surface area contributed by atoms with Crippen molar-refractivity contribution in [2.75, 3.05) is 31.6 Å². The molecule has 0 radical (unpaired) electrons.